The van der Waals surface area contributed by atoms with E-state index in [4.69, 9.17) is 14.4 Å². The van der Waals surface area contributed by atoms with Gasteiger partial charge in [0.15, 0.2) is 5.82 Å². The number of fused-ring (bicyclic) bond motifs is 15. The van der Waals surface area contributed by atoms with E-state index >= 15 is 0 Å². The van der Waals surface area contributed by atoms with Gasteiger partial charge in [-0.05, 0) is 113 Å². The Bertz CT molecular complexity index is 3750. The van der Waals surface area contributed by atoms with Crippen LogP contribution in [0.1, 0.15) is 63.8 Å². The molecule has 5 heteroatoms. The topological polar surface area (TPSA) is 43.9 Å². The van der Waals surface area contributed by atoms with Crippen molar-refractivity contribution >= 4 is 109 Å². The lowest BCUT2D eigenvalue weighted by Crippen LogP contribution is -2.15. The number of benzene rings is 7. The van der Waals surface area contributed by atoms with Crippen LogP contribution in [-0.4, -0.2) is 14.5 Å². The smallest absolute Gasteiger partial charge is 0.247 e. The Morgan fingerprint density at radius 1 is 0.738 bits per heavy atom. The summed E-state index contributed by atoms with van der Waals surface area (Å²) in [7, 11) is 0. The average molecular weight is 808 g/mol. The number of allylic oxidation sites excluding steroid dienone is 4. The van der Waals surface area contributed by atoms with Crippen molar-refractivity contribution < 1.29 is 4.42 Å². The lowest BCUT2D eigenvalue weighted by molar-refractivity contribution is 0.639. The molecule has 11 aromatic rings. The summed E-state index contributed by atoms with van der Waals surface area (Å²) in [4.78, 5) is 11.2. The highest BCUT2D eigenvalue weighted by molar-refractivity contribution is 7.27. The number of aromatic nitrogens is 3. The van der Waals surface area contributed by atoms with Gasteiger partial charge in [0, 0.05) is 42.6 Å². The van der Waals surface area contributed by atoms with E-state index in [0.29, 0.717) is 5.71 Å². The highest BCUT2D eigenvalue weighted by Gasteiger charge is 2.35. The van der Waals surface area contributed by atoms with Crippen molar-refractivity contribution in [1.82, 2.24) is 14.5 Å². The summed E-state index contributed by atoms with van der Waals surface area (Å²) in [6.07, 6.45) is 6.33. The normalized spacial score (nSPS) is 13.9. The van der Waals surface area contributed by atoms with E-state index in [9.17, 15) is 0 Å². The van der Waals surface area contributed by atoms with Crippen molar-refractivity contribution in [2.45, 2.75) is 53.9 Å². The van der Waals surface area contributed by atoms with Gasteiger partial charge in [-0.2, -0.15) is 0 Å². The number of furan rings is 1. The molecule has 4 nitrogen and oxygen atoms in total. The van der Waals surface area contributed by atoms with Crippen LogP contribution in [0.4, 0.5) is 0 Å². The summed E-state index contributed by atoms with van der Waals surface area (Å²) in [6, 6.07) is 42.2. The number of hydrogen-bond acceptors (Lipinski definition) is 4. The fourth-order valence-electron chi connectivity index (χ4n) is 9.88. The number of hydrogen-bond donors (Lipinski definition) is 0. The SMILES string of the molecule is C=Cc1ccc2c(c1)c1c3ccccc3c3c4cc5ccccc5cc4sc3c1n2-c1nc2c(nc1-c1ccc3c(c1)C(/C=C\C)=C(C)C3(C)C)oc1cc(C)ccc12.CC. The largest absolute Gasteiger partial charge is 0.436 e. The molecule has 0 fully saturated rings. The predicted molar refractivity (Wildman–Crippen MR) is 264 cm³/mol. The van der Waals surface area contributed by atoms with Crippen LogP contribution in [-0.2, 0) is 5.41 Å². The van der Waals surface area contributed by atoms with Gasteiger partial charge < -0.3 is 4.42 Å². The molecule has 0 spiro atoms. The maximum Gasteiger partial charge on any atom is 0.247 e. The van der Waals surface area contributed by atoms with Gasteiger partial charge in [0.2, 0.25) is 5.71 Å². The standard InChI is InChI=1S/C54H39N3OS.C2H6/c1-7-13-35-30(4)54(5,6)42-22-20-34(27-39(35)42)48-52(55-49-38-21-18-29(3)24-44(38)58-53(49)56-48)57-43-23-19-31(8-2)25-40(43)46-36-16-11-12-17-37(36)47-41-26-32-14-9-10-15-33(32)28-45(41)59-51(47)50(46)57;1-2/h7-28H,2H2,1,3-6H3;1-2H3/b13-7-;. The first kappa shape index (κ1) is 37.2. The molecule has 7 aromatic carbocycles. The molecule has 0 bridgehead atoms. The van der Waals surface area contributed by atoms with Crippen molar-refractivity contribution in [3.05, 3.63) is 162 Å². The fraction of sp³-hybridized carbons (Fsp3) is 0.143. The van der Waals surface area contributed by atoms with Crippen LogP contribution < -0.4 is 0 Å². The molecule has 12 rings (SSSR count). The van der Waals surface area contributed by atoms with Crippen LogP contribution in [0.15, 0.2) is 144 Å². The van der Waals surface area contributed by atoms with E-state index in [1.165, 1.54) is 69.4 Å². The Hall–Kier alpha value is -6.82. The molecular weight excluding hydrogens is 763 g/mol. The highest BCUT2D eigenvalue weighted by atomic mass is 32.1. The summed E-state index contributed by atoms with van der Waals surface area (Å²) in [6.45, 7) is 19.3. The van der Waals surface area contributed by atoms with E-state index < -0.39 is 0 Å². The van der Waals surface area contributed by atoms with Crippen molar-refractivity contribution in [1.29, 1.82) is 0 Å². The molecule has 0 amide bonds. The minimum Gasteiger partial charge on any atom is -0.436 e. The molecule has 0 atom stereocenters. The number of nitrogens with zero attached hydrogens (tertiary/aromatic N) is 3. The lowest BCUT2D eigenvalue weighted by atomic mass is 9.81. The first-order valence-electron chi connectivity index (χ1n) is 21.3. The molecule has 4 aromatic heterocycles. The third kappa shape index (κ3) is 5.23. The Morgan fingerprint density at radius 3 is 2.26 bits per heavy atom. The zero-order valence-electron chi connectivity index (χ0n) is 35.6. The van der Waals surface area contributed by atoms with Gasteiger partial charge in [-0.3, -0.25) is 4.57 Å². The van der Waals surface area contributed by atoms with Crippen LogP contribution in [0.25, 0.3) is 114 Å². The van der Waals surface area contributed by atoms with Crippen molar-refractivity contribution in [2.75, 3.05) is 0 Å². The van der Waals surface area contributed by atoms with Crippen LogP contribution in [0, 0.1) is 6.92 Å². The zero-order chi connectivity index (χ0) is 41.9. The van der Waals surface area contributed by atoms with Crippen LogP contribution in [0.5, 0.6) is 0 Å². The van der Waals surface area contributed by atoms with Crippen molar-refractivity contribution in [2.24, 2.45) is 0 Å². The van der Waals surface area contributed by atoms with Gasteiger partial charge in [-0.15, -0.1) is 11.3 Å². The van der Waals surface area contributed by atoms with E-state index in [0.717, 1.165) is 61.1 Å². The number of thiophene rings is 1. The summed E-state index contributed by atoms with van der Waals surface area (Å²) in [5.41, 5.74) is 13.3. The van der Waals surface area contributed by atoms with E-state index in [1.54, 1.807) is 0 Å². The molecule has 0 radical (unpaired) electrons. The van der Waals surface area contributed by atoms with E-state index in [2.05, 4.69) is 173 Å². The van der Waals surface area contributed by atoms with Crippen LogP contribution in [0.3, 0.4) is 0 Å². The monoisotopic (exact) mass is 807 g/mol. The zero-order valence-corrected chi connectivity index (χ0v) is 36.4. The van der Waals surface area contributed by atoms with E-state index in [1.807, 2.05) is 31.3 Å². The maximum absolute atomic E-state index is 6.57. The third-order valence-corrected chi connectivity index (χ3v) is 14.2. The first-order chi connectivity index (χ1) is 29.7. The second-order valence-corrected chi connectivity index (χ2v) is 17.7. The van der Waals surface area contributed by atoms with Gasteiger partial charge in [0.1, 0.15) is 16.8 Å². The third-order valence-electron chi connectivity index (χ3n) is 13.1. The fourth-order valence-corrected chi connectivity index (χ4v) is 11.2. The average Bonchev–Trinajstić information content (AvgIpc) is 3.99. The van der Waals surface area contributed by atoms with Crippen LogP contribution in [0.2, 0.25) is 0 Å². The molecule has 0 N–H and O–H groups in total. The molecule has 0 unspecified atom stereocenters. The Balaban J connectivity index is 0.00000207. The summed E-state index contributed by atoms with van der Waals surface area (Å²) in [5, 5.41) is 10.8. The molecule has 0 aliphatic heterocycles. The summed E-state index contributed by atoms with van der Waals surface area (Å²) in [5.74, 6) is 0.775. The van der Waals surface area contributed by atoms with Gasteiger partial charge in [-0.25, -0.2) is 9.97 Å². The molecule has 296 valence electrons. The van der Waals surface area contributed by atoms with Crippen molar-refractivity contribution in [3.8, 4) is 17.1 Å². The van der Waals surface area contributed by atoms with Gasteiger partial charge in [0.25, 0.3) is 0 Å². The maximum atomic E-state index is 6.57. The minimum absolute atomic E-state index is 0.0912. The molecular formula is C56H45N3OS. The quantitative estimate of drug-likeness (QED) is 0.178. The molecule has 1 aliphatic carbocycles. The molecule has 0 saturated heterocycles. The summed E-state index contributed by atoms with van der Waals surface area (Å²) >= 11 is 1.87. The highest BCUT2D eigenvalue weighted by Crippen LogP contribution is 2.51. The van der Waals surface area contributed by atoms with Gasteiger partial charge >= 0.3 is 0 Å². The van der Waals surface area contributed by atoms with E-state index in [-0.39, 0.29) is 5.41 Å². The molecule has 0 saturated carbocycles. The molecule has 4 heterocycles. The number of rotatable bonds is 4. The Morgan fingerprint density at radius 2 is 1.49 bits per heavy atom. The predicted octanol–water partition coefficient (Wildman–Crippen LogP) is 16.4. The number of aryl methyl sites for hydroxylation is 1. The minimum atomic E-state index is -0.0912. The second-order valence-electron chi connectivity index (χ2n) is 16.7. The molecule has 61 heavy (non-hydrogen) atoms. The van der Waals surface area contributed by atoms with Gasteiger partial charge in [-0.1, -0.05) is 131 Å². The lowest BCUT2D eigenvalue weighted by Gasteiger charge is -2.22. The Labute approximate surface area is 358 Å². The first-order valence-corrected chi connectivity index (χ1v) is 22.1. The Kier molecular flexibility index (Phi) is 8.29. The molecule has 1 aliphatic rings. The summed E-state index contributed by atoms with van der Waals surface area (Å²) < 4.78 is 11.5. The van der Waals surface area contributed by atoms with Crippen LogP contribution >= 0.6 is 11.3 Å². The second kappa shape index (κ2) is 13.6. The van der Waals surface area contributed by atoms with Crippen molar-refractivity contribution in [3.63, 3.8) is 0 Å². The van der Waals surface area contributed by atoms with Gasteiger partial charge in [0.05, 0.1) is 15.7 Å².